The van der Waals surface area contributed by atoms with Gasteiger partial charge in [0, 0.05) is 18.5 Å². The van der Waals surface area contributed by atoms with Crippen molar-refractivity contribution in [2.24, 2.45) is 11.8 Å². The second-order valence-corrected chi connectivity index (χ2v) is 12.8. The number of furan rings is 1. The normalized spacial score (nSPS) is 22.5. The highest BCUT2D eigenvalue weighted by atomic mass is 32.2. The number of aliphatic hydroxyl groups excluding tert-OH is 1. The average Bonchev–Trinajstić information content (AvgIpc) is 3.66. The van der Waals surface area contributed by atoms with Crippen molar-refractivity contribution < 1.29 is 36.9 Å². The lowest BCUT2D eigenvalue weighted by Gasteiger charge is -2.31. The van der Waals surface area contributed by atoms with Gasteiger partial charge in [-0.2, -0.15) is 4.31 Å². The molecule has 2 aliphatic rings. The Kier molecular flexibility index (Phi) is 8.77. The van der Waals surface area contributed by atoms with Gasteiger partial charge in [0.25, 0.3) is 0 Å². The van der Waals surface area contributed by atoms with Gasteiger partial charge in [-0.1, -0.05) is 44.2 Å². The molecule has 10 nitrogen and oxygen atoms in total. The number of carbonyl (C=O) groups is 1. The van der Waals surface area contributed by atoms with E-state index in [0.717, 1.165) is 12.0 Å². The summed E-state index contributed by atoms with van der Waals surface area (Å²) < 4.78 is 50.9. The van der Waals surface area contributed by atoms with E-state index >= 15 is 0 Å². The number of sulfonamides is 1. The molecule has 4 unspecified atom stereocenters. The summed E-state index contributed by atoms with van der Waals surface area (Å²) in [6.45, 7) is 4.60. The topological polar surface area (TPSA) is 128 Å². The van der Waals surface area contributed by atoms with Crippen LogP contribution in [0.2, 0.25) is 0 Å². The third-order valence-corrected chi connectivity index (χ3v) is 9.16. The first-order valence-electron chi connectivity index (χ1n) is 13.6. The van der Waals surface area contributed by atoms with Gasteiger partial charge in [-0.15, -0.1) is 0 Å². The van der Waals surface area contributed by atoms with E-state index in [4.69, 9.17) is 18.6 Å². The van der Waals surface area contributed by atoms with Crippen LogP contribution in [0.1, 0.15) is 25.8 Å². The minimum absolute atomic E-state index is 0.00549. The van der Waals surface area contributed by atoms with Crippen LogP contribution in [0.5, 0.6) is 0 Å². The van der Waals surface area contributed by atoms with Crippen molar-refractivity contribution in [2.45, 2.75) is 56.1 Å². The summed E-state index contributed by atoms with van der Waals surface area (Å²) in [6, 6.07) is 15.0. The Hall–Kier alpha value is -2.96. The molecule has 2 fully saturated rings. The highest BCUT2D eigenvalue weighted by Crippen LogP contribution is 2.33. The van der Waals surface area contributed by atoms with E-state index in [-0.39, 0.29) is 49.1 Å². The summed E-state index contributed by atoms with van der Waals surface area (Å²) in [6.07, 6.45) is -0.189. The van der Waals surface area contributed by atoms with Gasteiger partial charge in [-0.05, 0) is 48.6 Å². The van der Waals surface area contributed by atoms with Gasteiger partial charge in [-0.3, -0.25) is 0 Å². The molecule has 0 spiro atoms. The third kappa shape index (κ3) is 6.50. The van der Waals surface area contributed by atoms with Crippen LogP contribution in [-0.4, -0.2) is 74.8 Å². The standard InChI is InChI=1S/C29H36N2O8S/c1-19(2)16-31(40(34,35)22-8-9-26-21(15-22)10-12-36-26)17-25(32)24(14-20-6-4-3-5-7-20)30-29(33)39-27-18-38-28-23(27)11-13-37-28/h3-10,12,15,19,23-25,27-28,32H,11,13-14,16-18H2,1-2H3,(H,30,33)/t23?,24?,25-,27?,28?/m1/s1. The van der Waals surface area contributed by atoms with Crippen molar-refractivity contribution in [3.05, 3.63) is 66.4 Å². The molecule has 40 heavy (non-hydrogen) atoms. The number of fused-ring (bicyclic) bond motifs is 2. The van der Waals surface area contributed by atoms with E-state index in [1.54, 1.807) is 18.2 Å². The van der Waals surface area contributed by atoms with Crippen molar-refractivity contribution in [1.82, 2.24) is 9.62 Å². The quantitative estimate of drug-likeness (QED) is 0.357. The predicted octanol–water partition coefficient (Wildman–Crippen LogP) is 3.54. The van der Waals surface area contributed by atoms with Crippen molar-refractivity contribution in [1.29, 1.82) is 0 Å². The molecule has 11 heteroatoms. The molecule has 5 rings (SSSR count). The van der Waals surface area contributed by atoms with Crippen molar-refractivity contribution >= 4 is 27.1 Å². The zero-order valence-electron chi connectivity index (χ0n) is 22.6. The van der Waals surface area contributed by atoms with Crippen molar-refractivity contribution in [2.75, 3.05) is 26.3 Å². The third-order valence-electron chi connectivity index (χ3n) is 7.33. The van der Waals surface area contributed by atoms with Crippen LogP contribution in [0.25, 0.3) is 11.0 Å². The molecule has 5 atom stereocenters. The number of carbonyl (C=O) groups excluding carboxylic acids is 1. The Morgan fingerprint density at radius 2 is 1.93 bits per heavy atom. The van der Waals surface area contributed by atoms with Crippen LogP contribution >= 0.6 is 0 Å². The molecule has 0 radical (unpaired) electrons. The summed E-state index contributed by atoms with van der Waals surface area (Å²) in [5, 5.41) is 14.9. The zero-order chi connectivity index (χ0) is 28.3. The number of nitrogens with one attached hydrogen (secondary N) is 1. The van der Waals surface area contributed by atoms with E-state index in [0.29, 0.717) is 17.6 Å². The summed E-state index contributed by atoms with van der Waals surface area (Å²) in [7, 11) is -3.97. The lowest BCUT2D eigenvalue weighted by molar-refractivity contribution is -0.0907. The van der Waals surface area contributed by atoms with E-state index in [1.807, 2.05) is 44.2 Å². The Morgan fingerprint density at radius 3 is 2.70 bits per heavy atom. The SMILES string of the molecule is CC(C)CN(C[C@@H](O)C(Cc1ccccc1)NC(=O)OC1COC2OCCC12)S(=O)(=O)c1ccc2occc2c1. The molecule has 2 aromatic carbocycles. The van der Waals surface area contributed by atoms with E-state index in [2.05, 4.69) is 5.32 Å². The molecule has 2 aliphatic heterocycles. The molecular formula is C29H36N2O8S. The molecule has 0 bridgehead atoms. The summed E-state index contributed by atoms with van der Waals surface area (Å²) >= 11 is 0. The van der Waals surface area contributed by atoms with Gasteiger partial charge in [-0.25, -0.2) is 13.2 Å². The minimum Gasteiger partial charge on any atom is -0.464 e. The fraction of sp³-hybridized carbons (Fsp3) is 0.483. The van der Waals surface area contributed by atoms with Gasteiger partial charge >= 0.3 is 6.09 Å². The number of aliphatic hydroxyl groups is 1. The molecule has 2 saturated heterocycles. The first-order valence-corrected chi connectivity index (χ1v) is 15.0. The number of hydrogen-bond acceptors (Lipinski definition) is 8. The largest absolute Gasteiger partial charge is 0.464 e. The summed E-state index contributed by atoms with van der Waals surface area (Å²) in [5.74, 6) is -0.0310. The monoisotopic (exact) mass is 572 g/mol. The van der Waals surface area contributed by atoms with Gasteiger partial charge in [0.1, 0.15) is 11.7 Å². The maximum absolute atomic E-state index is 13.8. The molecule has 3 heterocycles. The van der Waals surface area contributed by atoms with Crippen LogP contribution < -0.4 is 5.32 Å². The molecular weight excluding hydrogens is 536 g/mol. The lowest BCUT2D eigenvalue weighted by atomic mass is 10.0. The van der Waals surface area contributed by atoms with Gasteiger partial charge in [0.05, 0.1) is 42.4 Å². The van der Waals surface area contributed by atoms with Gasteiger partial charge < -0.3 is 29.1 Å². The summed E-state index contributed by atoms with van der Waals surface area (Å²) in [5.41, 5.74) is 1.46. The summed E-state index contributed by atoms with van der Waals surface area (Å²) in [4.78, 5) is 13.1. The number of amides is 1. The second kappa shape index (κ2) is 12.3. The number of alkyl carbamates (subject to hydrolysis) is 1. The van der Waals surface area contributed by atoms with Gasteiger partial charge in [0.15, 0.2) is 6.29 Å². The van der Waals surface area contributed by atoms with Crippen LogP contribution in [0.4, 0.5) is 4.79 Å². The first-order chi connectivity index (χ1) is 19.2. The Labute approximate surface area is 234 Å². The maximum Gasteiger partial charge on any atom is 0.407 e. The predicted molar refractivity (Wildman–Crippen MR) is 147 cm³/mol. The van der Waals surface area contributed by atoms with E-state index in [1.165, 1.54) is 16.6 Å². The first kappa shape index (κ1) is 28.6. The highest BCUT2D eigenvalue weighted by molar-refractivity contribution is 7.89. The Morgan fingerprint density at radius 1 is 1.12 bits per heavy atom. The van der Waals surface area contributed by atoms with Crippen molar-refractivity contribution in [3.63, 3.8) is 0 Å². The smallest absolute Gasteiger partial charge is 0.407 e. The Balaban J connectivity index is 1.34. The number of rotatable bonds is 11. The second-order valence-electron chi connectivity index (χ2n) is 10.8. The molecule has 0 aliphatic carbocycles. The fourth-order valence-electron chi connectivity index (χ4n) is 5.29. The Bertz CT molecular complexity index is 1390. The molecule has 216 valence electrons. The molecule has 1 amide bonds. The van der Waals surface area contributed by atoms with Crippen LogP contribution in [0, 0.1) is 11.8 Å². The molecule has 3 aromatic rings. The zero-order valence-corrected chi connectivity index (χ0v) is 23.5. The van der Waals surface area contributed by atoms with Crippen LogP contribution in [0.3, 0.4) is 0 Å². The van der Waals surface area contributed by atoms with Crippen LogP contribution in [0.15, 0.2) is 70.2 Å². The number of nitrogens with zero attached hydrogens (tertiary/aromatic N) is 1. The van der Waals surface area contributed by atoms with Crippen LogP contribution in [-0.2, 0) is 30.7 Å². The molecule has 2 N–H and O–H groups in total. The average molecular weight is 573 g/mol. The molecule has 1 aromatic heterocycles. The maximum atomic E-state index is 13.8. The number of benzene rings is 2. The number of ether oxygens (including phenoxy) is 3. The fourth-order valence-corrected chi connectivity index (χ4v) is 6.95. The molecule has 0 saturated carbocycles. The van der Waals surface area contributed by atoms with E-state index < -0.39 is 34.4 Å². The van der Waals surface area contributed by atoms with Crippen molar-refractivity contribution in [3.8, 4) is 0 Å². The highest BCUT2D eigenvalue weighted by Gasteiger charge is 2.44. The number of hydrogen-bond donors (Lipinski definition) is 2. The van der Waals surface area contributed by atoms with Gasteiger partial charge in [0.2, 0.25) is 10.0 Å². The van der Waals surface area contributed by atoms with E-state index in [9.17, 15) is 18.3 Å². The lowest BCUT2D eigenvalue weighted by Crippen LogP contribution is -2.51. The minimum atomic E-state index is -3.97.